The summed E-state index contributed by atoms with van der Waals surface area (Å²) in [5.41, 5.74) is 0.182. The molecule has 0 aliphatic heterocycles. The lowest BCUT2D eigenvalue weighted by Gasteiger charge is -2.09. The standard InChI is InChI=1S/C8H9FN2O3S/c1-15(13,14)11-7-3-2-6(9)4-8(7)10-5-12/h2-5,11H,1H3,(H,10,12). The maximum Gasteiger partial charge on any atom is 0.229 e. The van der Waals surface area contributed by atoms with E-state index in [-0.39, 0.29) is 11.4 Å². The molecule has 1 amide bonds. The van der Waals surface area contributed by atoms with E-state index in [4.69, 9.17) is 0 Å². The highest BCUT2D eigenvalue weighted by Gasteiger charge is 2.07. The fourth-order valence-corrected chi connectivity index (χ4v) is 1.57. The molecule has 15 heavy (non-hydrogen) atoms. The van der Waals surface area contributed by atoms with E-state index in [2.05, 4.69) is 10.0 Å². The molecule has 0 spiro atoms. The van der Waals surface area contributed by atoms with Crippen molar-refractivity contribution >= 4 is 27.8 Å². The molecular formula is C8H9FN2O3S. The normalized spacial score (nSPS) is 10.8. The second-order valence-electron chi connectivity index (χ2n) is 2.83. The summed E-state index contributed by atoms with van der Waals surface area (Å²) in [5, 5.41) is 2.19. The van der Waals surface area contributed by atoms with Crippen LogP contribution in [0.2, 0.25) is 0 Å². The van der Waals surface area contributed by atoms with Gasteiger partial charge in [-0.2, -0.15) is 0 Å². The van der Waals surface area contributed by atoms with Crippen LogP contribution in [0, 0.1) is 5.82 Å². The number of nitrogens with one attached hydrogen (secondary N) is 2. The molecule has 7 heteroatoms. The lowest BCUT2D eigenvalue weighted by Crippen LogP contribution is -2.11. The molecule has 2 N–H and O–H groups in total. The molecule has 0 unspecified atom stereocenters. The Bertz CT molecular complexity index is 473. The van der Waals surface area contributed by atoms with E-state index in [1.54, 1.807) is 0 Å². The van der Waals surface area contributed by atoms with Crippen molar-refractivity contribution in [1.82, 2.24) is 0 Å². The van der Waals surface area contributed by atoms with Crippen molar-refractivity contribution in [1.29, 1.82) is 0 Å². The first kappa shape index (κ1) is 11.4. The van der Waals surface area contributed by atoms with Crippen LogP contribution >= 0.6 is 0 Å². The molecule has 5 nitrogen and oxygen atoms in total. The molecule has 0 fully saturated rings. The first-order chi connectivity index (χ1) is 6.92. The third-order valence-corrected chi connectivity index (χ3v) is 2.08. The van der Waals surface area contributed by atoms with E-state index in [1.807, 2.05) is 0 Å². The Hall–Kier alpha value is -1.63. The minimum atomic E-state index is -3.46. The number of carbonyl (C=O) groups excluding carboxylic acids is 1. The molecule has 0 atom stereocenters. The van der Waals surface area contributed by atoms with Crippen molar-refractivity contribution in [3.05, 3.63) is 24.0 Å². The van der Waals surface area contributed by atoms with Gasteiger partial charge >= 0.3 is 0 Å². The summed E-state index contributed by atoms with van der Waals surface area (Å²) in [4.78, 5) is 10.2. The van der Waals surface area contributed by atoms with Gasteiger partial charge < -0.3 is 5.32 Å². The van der Waals surface area contributed by atoms with Gasteiger partial charge in [0.05, 0.1) is 17.6 Å². The van der Waals surface area contributed by atoms with Crippen molar-refractivity contribution in [2.75, 3.05) is 16.3 Å². The summed E-state index contributed by atoms with van der Waals surface area (Å²) in [5.74, 6) is -0.571. The Labute approximate surface area is 86.3 Å². The minimum Gasteiger partial charge on any atom is -0.327 e. The molecule has 0 aromatic heterocycles. The highest BCUT2D eigenvalue weighted by molar-refractivity contribution is 7.92. The van der Waals surface area contributed by atoms with Crippen molar-refractivity contribution in [3.63, 3.8) is 0 Å². The number of sulfonamides is 1. The average Bonchev–Trinajstić information content (AvgIpc) is 2.08. The van der Waals surface area contributed by atoms with Crippen LogP contribution in [0.25, 0.3) is 0 Å². The predicted molar refractivity (Wildman–Crippen MR) is 54.6 cm³/mol. The van der Waals surface area contributed by atoms with Gasteiger partial charge in [-0.05, 0) is 18.2 Å². The fraction of sp³-hybridized carbons (Fsp3) is 0.125. The number of hydrogen-bond acceptors (Lipinski definition) is 3. The number of halogens is 1. The quantitative estimate of drug-likeness (QED) is 0.753. The van der Waals surface area contributed by atoms with Gasteiger partial charge in [-0.25, -0.2) is 12.8 Å². The maximum absolute atomic E-state index is 12.8. The number of benzene rings is 1. The maximum atomic E-state index is 12.8. The summed E-state index contributed by atoms with van der Waals surface area (Å²) in [6, 6.07) is 3.33. The van der Waals surface area contributed by atoms with E-state index in [0.717, 1.165) is 18.4 Å². The lowest BCUT2D eigenvalue weighted by atomic mass is 10.2. The van der Waals surface area contributed by atoms with Crippen molar-refractivity contribution in [3.8, 4) is 0 Å². The van der Waals surface area contributed by atoms with Crippen LogP contribution < -0.4 is 10.0 Å². The number of anilines is 2. The zero-order valence-electron chi connectivity index (χ0n) is 7.82. The predicted octanol–water partition coefficient (Wildman–Crippen LogP) is 0.765. The fourth-order valence-electron chi connectivity index (χ4n) is 0.988. The molecule has 1 rings (SSSR count). The molecule has 0 aliphatic carbocycles. The monoisotopic (exact) mass is 232 g/mol. The average molecular weight is 232 g/mol. The second-order valence-corrected chi connectivity index (χ2v) is 4.57. The topological polar surface area (TPSA) is 75.3 Å². The molecule has 0 heterocycles. The lowest BCUT2D eigenvalue weighted by molar-refractivity contribution is -0.105. The SMILES string of the molecule is CS(=O)(=O)Nc1ccc(F)cc1NC=O. The highest BCUT2D eigenvalue weighted by atomic mass is 32.2. The molecule has 0 aliphatic rings. The van der Waals surface area contributed by atoms with Crippen LogP contribution in [0.5, 0.6) is 0 Å². The van der Waals surface area contributed by atoms with Gasteiger partial charge in [-0.15, -0.1) is 0 Å². The highest BCUT2D eigenvalue weighted by Crippen LogP contribution is 2.22. The first-order valence-electron chi connectivity index (χ1n) is 3.90. The van der Waals surface area contributed by atoms with Gasteiger partial charge in [0, 0.05) is 0 Å². The van der Waals surface area contributed by atoms with Crippen molar-refractivity contribution in [2.45, 2.75) is 0 Å². The van der Waals surface area contributed by atoms with E-state index in [1.165, 1.54) is 6.07 Å². The zero-order chi connectivity index (χ0) is 11.5. The molecule has 82 valence electrons. The Morgan fingerprint density at radius 1 is 1.33 bits per heavy atom. The summed E-state index contributed by atoms with van der Waals surface area (Å²) < 4.78 is 36.8. The molecule has 0 radical (unpaired) electrons. The largest absolute Gasteiger partial charge is 0.327 e. The van der Waals surface area contributed by atoms with E-state index in [0.29, 0.717) is 6.41 Å². The third-order valence-electron chi connectivity index (χ3n) is 1.49. The van der Waals surface area contributed by atoms with Crippen molar-refractivity contribution < 1.29 is 17.6 Å². The molecule has 1 aromatic rings. The Balaban J connectivity index is 3.11. The molecule has 0 bridgehead atoms. The molecular weight excluding hydrogens is 223 g/mol. The number of hydrogen-bond donors (Lipinski definition) is 2. The van der Waals surface area contributed by atoms with Crippen LogP contribution in [-0.4, -0.2) is 21.1 Å². The van der Waals surface area contributed by atoms with Gasteiger partial charge in [0.2, 0.25) is 16.4 Å². The van der Waals surface area contributed by atoms with Crippen LogP contribution in [-0.2, 0) is 14.8 Å². The minimum absolute atomic E-state index is 0.0652. The van der Waals surface area contributed by atoms with Gasteiger partial charge in [-0.1, -0.05) is 0 Å². The number of amides is 1. The molecule has 0 saturated carbocycles. The number of rotatable bonds is 4. The third kappa shape index (κ3) is 3.55. The molecule has 0 saturated heterocycles. The zero-order valence-corrected chi connectivity index (χ0v) is 8.64. The van der Waals surface area contributed by atoms with E-state index in [9.17, 15) is 17.6 Å². The summed E-state index contributed by atoms with van der Waals surface area (Å²) >= 11 is 0. The van der Waals surface area contributed by atoms with Crippen molar-refractivity contribution in [2.24, 2.45) is 0 Å². The molecule has 1 aromatic carbocycles. The van der Waals surface area contributed by atoms with Crippen LogP contribution in [0.1, 0.15) is 0 Å². The van der Waals surface area contributed by atoms with Crippen LogP contribution in [0.4, 0.5) is 15.8 Å². The number of carbonyl (C=O) groups is 1. The van der Waals surface area contributed by atoms with Gasteiger partial charge in [0.1, 0.15) is 5.82 Å². The summed E-state index contributed by atoms with van der Waals surface area (Å²) in [7, 11) is -3.46. The van der Waals surface area contributed by atoms with Crippen LogP contribution in [0.15, 0.2) is 18.2 Å². The van der Waals surface area contributed by atoms with Crippen LogP contribution in [0.3, 0.4) is 0 Å². The van der Waals surface area contributed by atoms with E-state index >= 15 is 0 Å². The second kappa shape index (κ2) is 4.26. The summed E-state index contributed by atoms with van der Waals surface area (Å²) in [6.07, 6.45) is 1.29. The Morgan fingerprint density at radius 2 is 2.00 bits per heavy atom. The Kier molecular flexibility index (Phi) is 3.25. The Morgan fingerprint density at radius 3 is 2.53 bits per heavy atom. The van der Waals surface area contributed by atoms with Gasteiger partial charge in [0.25, 0.3) is 0 Å². The smallest absolute Gasteiger partial charge is 0.229 e. The first-order valence-corrected chi connectivity index (χ1v) is 5.79. The van der Waals surface area contributed by atoms with Gasteiger partial charge in [-0.3, -0.25) is 9.52 Å². The summed E-state index contributed by atoms with van der Waals surface area (Å²) in [6.45, 7) is 0. The van der Waals surface area contributed by atoms with E-state index < -0.39 is 15.8 Å². The van der Waals surface area contributed by atoms with Gasteiger partial charge in [0.15, 0.2) is 0 Å².